The molecular weight excluding hydrogens is 264 g/mol. The van der Waals surface area contributed by atoms with Gasteiger partial charge >= 0.3 is 11.7 Å². The quantitative estimate of drug-likeness (QED) is 0.665. The first-order chi connectivity index (χ1) is 9.43. The summed E-state index contributed by atoms with van der Waals surface area (Å²) in [6.07, 6.45) is 3.07. The van der Waals surface area contributed by atoms with Crippen LogP contribution < -0.4 is 4.90 Å². The van der Waals surface area contributed by atoms with Crippen molar-refractivity contribution in [1.82, 2.24) is 9.78 Å². The average molecular weight is 282 g/mol. The Morgan fingerprint density at radius 1 is 1.45 bits per heavy atom. The predicted octanol–water partition coefficient (Wildman–Crippen LogP) is 1.47. The zero-order valence-electron chi connectivity index (χ0n) is 11.6. The number of carboxylic acids is 1. The maximum Gasteiger partial charge on any atom is 0.333 e. The van der Waals surface area contributed by atoms with Crippen LogP contribution in [0.4, 0.5) is 11.5 Å². The highest BCUT2D eigenvalue weighted by Crippen LogP contribution is 2.34. The molecule has 1 atom stereocenters. The Labute approximate surface area is 116 Å². The van der Waals surface area contributed by atoms with Crippen molar-refractivity contribution < 1.29 is 14.8 Å². The Balaban J connectivity index is 2.51. The molecule has 0 amide bonds. The van der Waals surface area contributed by atoms with Gasteiger partial charge in [0.25, 0.3) is 0 Å². The third kappa shape index (κ3) is 2.45. The molecule has 0 aliphatic carbocycles. The summed E-state index contributed by atoms with van der Waals surface area (Å²) in [4.78, 5) is 23.8. The number of hydrogen-bond acceptors (Lipinski definition) is 5. The van der Waals surface area contributed by atoms with Gasteiger partial charge in [-0.3, -0.25) is 10.1 Å². The summed E-state index contributed by atoms with van der Waals surface area (Å²) in [5, 5.41) is 24.7. The van der Waals surface area contributed by atoms with Gasteiger partial charge in [0.2, 0.25) is 5.82 Å². The summed E-state index contributed by atoms with van der Waals surface area (Å²) in [5.74, 6) is -0.651. The van der Waals surface area contributed by atoms with Crippen molar-refractivity contribution in [2.24, 2.45) is 7.05 Å². The molecule has 8 nitrogen and oxygen atoms in total. The second-order valence-electron chi connectivity index (χ2n) is 5.04. The molecule has 110 valence electrons. The predicted molar refractivity (Wildman–Crippen MR) is 71.8 cm³/mol. The van der Waals surface area contributed by atoms with Crippen molar-refractivity contribution in [1.29, 1.82) is 0 Å². The van der Waals surface area contributed by atoms with E-state index in [4.69, 9.17) is 0 Å². The first-order valence-corrected chi connectivity index (χ1v) is 6.61. The number of hydrogen-bond donors (Lipinski definition) is 1. The van der Waals surface area contributed by atoms with E-state index in [1.54, 1.807) is 18.9 Å². The Morgan fingerprint density at radius 2 is 2.15 bits per heavy atom. The Morgan fingerprint density at radius 3 is 2.75 bits per heavy atom. The molecule has 1 aromatic heterocycles. The van der Waals surface area contributed by atoms with Crippen LogP contribution in [0.1, 0.15) is 31.4 Å². The Bertz CT molecular complexity index is 540. The maximum absolute atomic E-state index is 11.4. The van der Waals surface area contributed by atoms with Crippen LogP contribution in [0.5, 0.6) is 0 Å². The third-order valence-electron chi connectivity index (χ3n) is 3.65. The molecule has 0 aromatic carbocycles. The van der Waals surface area contributed by atoms with E-state index in [2.05, 4.69) is 5.10 Å². The Kier molecular flexibility index (Phi) is 3.91. The Hall–Kier alpha value is -2.12. The van der Waals surface area contributed by atoms with E-state index < -0.39 is 16.9 Å². The number of aliphatic carboxylic acids is 1. The van der Waals surface area contributed by atoms with Crippen molar-refractivity contribution in [3.8, 4) is 0 Å². The lowest BCUT2D eigenvalue weighted by molar-refractivity contribution is -0.384. The summed E-state index contributed by atoms with van der Waals surface area (Å²) in [5.41, 5.74) is 0.210. The normalized spacial score (nSPS) is 19.7. The van der Waals surface area contributed by atoms with E-state index in [-0.39, 0.29) is 5.69 Å². The smallest absolute Gasteiger partial charge is 0.333 e. The van der Waals surface area contributed by atoms with Gasteiger partial charge in [-0.05, 0) is 19.8 Å². The van der Waals surface area contributed by atoms with Crippen LogP contribution in [-0.2, 0) is 11.8 Å². The molecule has 1 aliphatic heterocycles. The fraction of sp³-hybridized carbons (Fsp3) is 0.667. The van der Waals surface area contributed by atoms with Crippen LogP contribution in [0.15, 0.2) is 0 Å². The van der Waals surface area contributed by atoms with E-state index in [1.165, 1.54) is 4.68 Å². The largest absolute Gasteiger partial charge is 0.480 e. The summed E-state index contributed by atoms with van der Waals surface area (Å²) >= 11 is 0. The van der Waals surface area contributed by atoms with Crippen LogP contribution >= 0.6 is 0 Å². The van der Waals surface area contributed by atoms with Crippen molar-refractivity contribution in [2.45, 2.75) is 38.6 Å². The van der Waals surface area contributed by atoms with Crippen molar-refractivity contribution in [3.63, 3.8) is 0 Å². The SMILES string of the molecule is Cc1nn(C)c(N2CCCCCC2C(=O)O)c1[N+](=O)[O-]. The molecule has 1 aromatic rings. The van der Waals surface area contributed by atoms with E-state index >= 15 is 0 Å². The molecule has 2 heterocycles. The fourth-order valence-electron chi connectivity index (χ4n) is 2.79. The van der Waals surface area contributed by atoms with E-state index in [0.717, 1.165) is 19.3 Å². The second kappa shape index (κ2) is 5.48. The average Bonchev–Trinajstić information content (AvgIpc) is 2.54. The van der Waals surface area contributed by atoms with Crippen molar-refractivity contribution in [2.75, 3.05) is 11.4 Å². The van der Waals surface area contributed by atoms with Crippen LogP contribution in [0.25, 0.3) is 0 Å². The first-order valence-electron chi connectivity index (χ1n) is 6.61. The summed E-state index contributed by atoms with van der Waals surface area (Å²) in [6.45, 7) is 2.06. The minimum Gasteiger partial charge on any atom is -0.480 e. The number of carbonyl (C=O) groups is 1. The maximum atomic E-state index is 11.4. The van der Waals surface area contributed by atoms with E-state index in [9.17, 15) is 20.0 Å². The van der Waals surface area contributed by atoms with Crippen LogP contribution in [-0.4, -0.2) is 38.4 Å². The van der Waals surface area contributed by atoms with Crippen molar-refractivity contribution in [3.05, 3.63) is 15.8 Å². The molecule has 1 unspecified atom stereocenters. The molecule has 0 spiro atoms. The van der Waals surface area contributed by atoms with E-state index in [0.29, 0.717) is 24.5 Å². The van der Waals surface area contributed by atoms with Gasteiger partial charge in [-0.2, -0.15) is 5.10 Å². The molecule has 8 heteroatoms. The minimum absolute atomic E-state index is 0.0966. The molecule has 20 heavy (non-hydrogen) atoms. The lowest BCUT2D eigenvalue weighted by Gasteiger charge is -2.27. The topological polar surface area (TPSA) is 102 Å². The number of anilines is 1. The summed E-state index contributed by atoms with van der Waals surface area (Å²) < 4.78 is 1.41. The van der Waals surface area contributed by atoms with Gasteiger partial charge in [-0.15, -0.1) is 0 Å². The molecule has 1 N–H and O–H groups in total. The van der Waals surface area contributed by atoms with Gasteiger partial charge in [0.15, 0.2) is 0 Å². The van der Waals surface area contributed by atoms with Crippen molar-refractivity contribution >= 4 is 17.5 Å². The lowest BCUT2D eigenvalue weighted by Crippen LogP contribution is -2.42. The van der Waals surface area contributed by atoms with Gasteiger partial charge in [-0.25, -0.2) is 9.48 Å². The van der Waals surface area contributed by atoms with Gasteiger partial charge in [0.1, 0.15) is 11.7 Å². The number of nitrogens with zero attached hydrogens (tertiary/aromatic N) is 4. The van der Waals surface area contributed by atoms with Gasteiger partial charge < -0.3 is 10.0 Å². The molecule has 0 saturated carbocycles. The van der Waals surface area contributed by atoms with Crippen LogP contribution in [0.3, 0.4) is 0 Å². The zero-order valence-corrected chi connectivity index (χ0v) is 11.6. The van der Waals surface area contributed by atoms with E-state index in [1.807, 2.05) is 0 Å². The number of aromatic nitrogens is 2. The number of rotatable bonds is 3. The second-order valence-corrected chi connectivity index (χ2v) is 5.04. The molecule has 2 rings (SSSR count). The number of nitro groups is 1. The highest BCUT2D eigenvalue weighted by Gasteiger charge is 2.35. The molecule has 1 aliphatic rings. The highest BCUT2D eigenvalue weighted by molar-refractivity contribution is 5.79. The van der Waals surface area contributed by atoms with Crippen LogP contribution in [0, 0.1) is 17.0 Å². The number of aryl methyl sites for hydroxylation is 2. The fourth-order valence-corrected chi connectivity index (χ4v) is 2.79. The molecule has 1 fully saturated rings. The molecule has 0 bridgehead atoms. The summed E-state index contributed by atoms with van der Waals surface area (Å²) in [6, 6.07) is -0.731. The minimum atomic E-state index is -0.944. The van der Waals surface area contributed by atoms with Gasteiger partial charge in [0, 0.05) is 13.6 Å². The standard InChI is InChI=1S/C12H18N4O4/c1-8-10(16(19)20)11(14(2)13-8)15-7-5-3-4-6-9(15)12(17)18/h9H,3-7H2,1-2H3,(H,17,18). The lowest BCUT2D eigenvalue weighted by atomic mass is 10.1. The van der Waals surface area contributed by atoms with Gasteiger partial charge in [-0.1, -0.05) is 12.8 Å². The molecular formula is C12H18N4O4. The highest BCUT2D eigenvalue weighted by atomic mass is 16.6. The zero-order chi connectivity index (χ0) is 14.9. The first kappa shape index (κ1) is 14.3. The number of carboxylic acid groups (broad SMARTS) is 1. The molecule has 1 saturated heterocycles. The summed E-state index contributed by atoms with van der Waals surface area (Å²) in [7, 11) is 1.61. The third-order valence-corrected chi connectivity index (χ3v) is 3.65. The monoisotopic (exact) mass is 282 g/mol. The molecule has 0 radical (unpaired) electrons. The van der Waals surface area contributed by atoms with Crippen LogP contribution in [0.2, 0.25) is 0 Å². The van der Waals surface area contributed by atoms with Gasteiger partial charge in [0.05, 0.1) is 4.92 Å².